The number of carbonyl (C=O) groups is 3. The van der Waals surface area contributed by atoms with Crippen molar-refractivity contribution in [2.45, 2.75) is 317 Å². The summed E-state index contributed by atoms with van der Waals surface area (Å²) in [7, 11) is 0. The molecular weight excluding hydrogens is 781 g/mol. The maximum absolute atomic E-state index is 12.8. The van der Waals surface area contributed by atoms with E-state index in [4.69, 9.17) is 14.2 Å². The molecule has 6 nitrogen and oxygen atoms in total. The molecule has 63 heavy (non-hydrogen) atoms. The van der Waals surface area contributed by atoms with Gasteiger partial charge in [0.2, 0.25) is 0 Å². The highest BCUT2D eigenvalue weighted by Gasteiger charge is 2.19. The van der Waals surface area contributed by atoms with Crippen LogP contribution in [0, 0.1) is 17.8 Å². The second kappa shape index (κ2) is 48.3. The van der Waals surface area contributed by atoms with Gasteiger partial charge in [-0.2, -0.15) is 0 Å². The van der Waals surface area contributed by atoms with Crippen molar-refractivity contribution in [2.75, 3.05) is 13.2 Å². The molecule has 0 unspecified atom stereocenters. The summed E-state index contributed by atoms with van der Waals surface area (Å²) in [5.74, 6) is 1.65. The maximum Gasteiger partial charge on any atom is 0.306 e. The van der Waals surface area contributed by atoms with Crippen LogP contribution >= 0.6 is 0 Å². The summed E-state index contributed by atoms with van der Waals surface area (Å²) in [6.45, 7) is 13.7. The minimum atomic E-state index is -0.763. The van der Waals surface area contributed by atoms with Gasteiger partial charge in [-0.3, -0.25) is 14.4 Å². The Kier molecular flexibility index (Phi) is 47.1. The quantitative estimate of drug-likeness (QED) is 0.0344. The van der Waals surface area contributed by atoms with Crippen LogP contribution in [0.15, 0.2) is 0 Å². The van der Waals surface area contributed by atoms with E-state index in [9.17, 15) is 14.4 Å². The Balaban J connectivity index is 4.30. The van der Waals surface area contributed by atoms with Gasteiger partial charge in [0.15, 0.2) is 6.10 Å². The summed E-state index contributed by atoms with van der Waals surface area (Å²) in [6, 6.07) is 0. The summed E-state index contributed by atoms with van der Waals surface area (Å²) in [4.78, 5) is 38.1. The molecule has 0 aromatic carbocycles. The van der Waals surface area contributed by atoms with Gasteiger partial charge in [-0.15, -0.1) is 0 Å². The number of hydrogen-bond acceptors (Lipinski definition) is 6. The van der Waals surface area contributed by atoms with Gasteiger partial charge in [0.05, 0.1) is 0 Å². The third-order valence-electron chi connectivity index (χ3n) is 12.9. The molecule has 0 aliphatic rings. The van der Waals surface area contributed by atoms with E-state index >= 15 is 0 Å². The lowest BCUT2D eigenvalue weighted by atomic mass is 10.0. The van der Waals surface area contributed by atoms with E-state index in [2.05, 4.69) is 41.5 Å². The molecule has 0 spiro atoms. The van der Waals surface area contributed by atoms with Crippen molar-refractivity contribution in [3.8, 4) is 0 Å². The standard InChI is InChI=1S/C57H110O6/c1-51(2)43-37-31-25-19-13-10-8-7-9-11-15-24-30-36-42-48-57(60)63-54(50-62-56(59)47-41-35-29-23-18-17-21-27-33-39-45-53(5)6)49-61-55(58)46-40-34-28-22-16-12-14-20-26-32-38-44-52(3)4/h51-54H,7-50H2,1-6H3/t54-/m0/s1. The van der Waals surface area contributed by atoms with E-state index in [1.165, 1.54) is 193 Å². The molecular formula is C57H110O6. The predicted octanol–water partition coefficient (Wildman–Crippen LogP) is 18.3. The highest BCUT2D eigenvalue weighted by Crippen LogP contribution is 2.18. The lowest BCUT2D eigenvalue weighted by molar-refractivity contribution is -0.167. The summed E-state index contributed by atoms with van der Waals surface area (Å²) in [5, 5.41) is 0. The van der Waals surface area contributed by atoms with Crippen LogP contribution in [0.25, 0.3) is 0 Å². The van der Waals surface area contributed by atoms with Gasteiger partial charge < -0.3 is 14.2 Å². The molecule has 0 aromatic rings. The van der Waals surface area contributed by atoms with Gasteiger partial charge in [0, 0.05) is 19.3 Å². The van der Waals surface area contributed by atoms with Crippen LogP contribution in [0.2, 0.25) is 0 Å². The van der Waals surface area contributed by atoms with Gasteiger partial charge >= 0.3 is 17.9 Å². The van der Waals surface area contributed by atoms with Crippen LogP contribution in [-0.4, -0.2) is 37.2 Å². The lowest BCUT2D eigenvalue weighted by Crippen LogP contribution is -2.30. The maximum atomic E-state index is 12.8. The second-order valence-corrected chi connectivity index (χ2v) is 21.0. The Hall–Kier alpha value is -1.59. The summed E-state index contributed by atoms with van der Waals surface area (Å²) in [5.41, 5.74) is 0. The number of carbonyl (C=O) groups excluding carboxylic acids is 3. The average molecular weight is 892 g/mol. The first-order valence-corrected chi connectivity index (χ1v) is 28.1. The molecule has 1 atom stereocenters. The molecule has 0 aliphatic heterocycles. The predicted molar refractivity (Wildman–Crippen MR) is 270 cm³/mol. The zero-order valence-corrected chi connectivity index (χ0v) is 43.4. The average Bonchev–Trinajstić information content (AvgIpc) is 3.24. The van der Waals surface area contributed by atoms with E-state index in [0.717, 1.165) is 75.5 Å². The topological polar surface area (TPSA) is 78.9 Å². The molecule has 0 aromatic heterocycles. The highest BCUT2D eigenvalue weighted by molar-refractivity contribution is 5.71. The van der Waals surface area contributed by atoms with Crippen molar-refractivity contribution >= 4 is 17.9 Å². The van der Waals surface area contributed by atoms with E-state index in [-0.39, 0.29) is 31.1 Å². The monoisotopic (exact) mass is 891 g/mol. The first kappa shape index (κ1) is 61.4. The van der Waals surface area contributed by atoms with Gasteiger partial charge in [-0.05, 0) is 37.0 Å². The van der Waals surface area contributed by atoms with Crippen LogP contribution in [0.4, 0.5) is 0 Å². The Morgan fingerprint density at radius 3 is 0.683 bits per heavy atom. The van der Waals surface area contributed by atoms with Crippen LogP contribution in [0.5, 0.6) is 0 Å². The Labute approximate surface area is 393 Å². The fourth-order valence-corrected chi connectivity index (χ4v) is 8.65. The van der Waals surface area contributed by atoms with Crippen LogP contribution in [-0.2, 0) is 28.6 Å². The number of ether oxygens (including phenoxy) is 3. The van der Waals surface area contributed by atoms with Crippen LogP contribution < -0.4 is 0 Å². The molecule has 0 fully saturated rings. The number of esters is 3. The normalized spacial score (nSPS) is 12.1. The zero-order chi connectivity index (χ0) is 46.3. The molecule has 0 N–H and O–H groups in total. The molecule has 0 rings (SSSR count). The Morgan fingerprint density at radius 2 is 0.460 bits per heavy atom. The fraction of sp³-hybridized carbons (Fsp3) is 0.947. The minimum absolute atomic E-state index is 0.0640. The molecule has 0 radical (unpaired) electrons. The molecule has 374 valence electrons. The first-order valence-electron chi connectivity index (χ1n) is 28.1. The number of hydrogen-bond donors (Lipinski definition) is 0. The van der Waals surface area contributed by atoms with Gasteiger partial charge in [0.1, 0.15) is 13.2 Å². The van der Waals surface area contributed by atoms with E-state index in [1.54, 1.807) is 0 Å². The molecule has 0 saturated heterocycles. The Bertz CT molecular complexity index is 976. The van der Waals surface area contributed by atoms with Crippen molar-refractivity contribution in [1.82, 2.24) is 0 Å². The third kappa shape index (κ3) is 51.3. The fourth-order valence-electron chi connectivity index (χ4n) is 8.65. The number of rotatable bonds is 50. The molecule has 0 saturated carbocycles. The summed E-state index contributed by atoms with van der Waals surface area (Å²) in [6.07, 6.45) is 49.5. The van der Waals surface area contributed by atoms with Crippen LogP contribution in [0.1, 0.15) is 311 Å². The first-order chi connectivity index (χ1) is 30.6. The van der Waals surface area contributed by atoms with Gasteiger partial charge in [-0.25, -0.2) is 0 Å². The van der Waals surface area contributed by atoms with Crippen LogP contribution in [0.3, 0.4) is 0 Å². The SMILES string of the molecule is CC(C)CCCCCCCCCCCCCCCCCC(=O)O[C@@H](COC(=O)CCCCCCCCCCCCCC(C)C)COC(=O)CCCCCCCCCCCCC(C)C. The second-order valence-electron chi connectivity index (χ2n) is 21.0. The molecule has 0 bridgehead atoms. The molecule has 0 heterocycles. The molecule has 0 aliphatic carbocycles. The van der Waals surface area contributed by atoms with E-state index in [1.807, 2.05) is 0 Å². The van der Waals surface area contributed by atoms with E-state index < -0.39 is 6.10 Å². The van der Waals surface area contributed by atoms with Gasteiger partial charge in [-0.1, -0.05) is 273 Å². The summed E-state index contributed by atoms with van der Waals surface area (Å²) >= 11 is 0. The minimum Gasteiger partial charge on any atom is -0.462 e. The Morgan fingerprint density at radius 1 is 0.270 bits per heavy atom. The zero-order valence-electron chi connectivity index (χ0n) is 43.4. The van der Waals surface area contributed by atoms with Gasteiger partial charge in [0.25, 0.3) is 0 Å². The smallest absolute Gasteiger partial charge is 0.306 e. The highest BCUT2D eigenvalue weighted by atomic mass is 16.6. The van der Waals surface area contributed by atoms with Crippen molar-refractivity contribution in [1.29, 1.82) is 0 Å². The van der Waals surface area contributed by atoms with E-state index in [0.29, 0.717) is 19.3 Å². The van der Waals surface area contributed by atoms with Crippen molar-refractivity contribution in [3.05, 3.63) is 0 Å². The molecule has 6 heteroatoms. The van der Waals surface area contributed by atoms with Crippen molar-refractivity contribution < 1.29 is 28.6 Å². The third-order valence-corrected chi connectivity index (χ3v) is 12.9. The molecule has 0 amide bonds. The summed E-state index contributed by atoms with van der Waals surface area (Å²) < 4.78 is 16.9. The number of unbranched alkanes of at least 4 members (excludes halogenated alkanes) is 33. The lowest BCUT2D eigenvalue weighted by Gasteiger charge is -2.18. The van der Waals surface area contributed by atoms with Crippen molar-refractivity contribution in [3.63, 3.8) is 0 Å². The largest absolute Gasteiger partial charge is 0.462 e. The van der Waals surface area contributed by atoms with Crippen molar-refractivity contribution in [2.24, 2.45) is 17.8 Å².